The lowest BCUT2D eigenvalue weighted by molar-refractivity contribution is 0.623. The predicted molar refractivity (Wildman–Crippen MR) is 227 cm³/mol. The smallest absolute Gasteiger partial charge is 0.227 e. The topological polar surface area (TPSA) is 42.4 Å². The maximum absolute atomic E-state index is 6.68. The lowest BCUT2D eigenvalue weighted by atomic mass is 9.92. The number of fused-ring (bicyclic) bond motifs is 8. The Morgan fingerprint density at radius 3 is 1.89 bits per heavy atom. The molecule has 9 aromatic carbocycles. The van der Waals surface area contributed by atoms with Crippen LogP contribution in [0.4, 0.5) is 17.1 Å². The van der Waals surface area contributed by atoms with Gasteiger partial charge in [-0.3, -0.25) is 0 Å². The lowest BCUT2D eigenvalue weighted by Gasteiger charge is -2.26. The SMILES string of the molecule is c1ccc(-c2nc3ccc4cc(-c5ccccc5)c5ccc(N(c6ccccc6)c6cccc(-c7ccc8oc9ccccc9c8c7)c6)cc5c4c3o2)cc1. The number of hydrogen-bond acceptors (Lipinski definition) is 4. The van der Waals surface area contributed by atoms with Crippen LogP contribution in [0.1, 0.15) is 0 Å². The summed E-state index contributed by atoms with van der Waals surface area (Å²) >= 11 is 0. The van der Waals surface area contributed by atoms with Gasteiger partial charge in [0.05, 0.1) is 0 Å². The average Bonchev–Trinajstić information content (AvgIpc) is 3.86. The van der Waals surface area contributed by atoms with Crippen molar-refractivity contribution in [1.29, 1.82) is 0 Å². The van der Waals surface area contributed by atoms with Gasteiger partial charge in [0, 0.05) is 38.8 Å². The molecule has 0 aliphatic rings. The molecule has 2 heterocycles. The minimum Gasteiger partial charge on any atom is -0.456 e. The molecule has 55 heavy (non-hydrogen) atoms. The van der Waals surface area contributed by atoms with Gasteiger partial charge in [0.2, 0.25) is 5.89 Å². The van der Waals surface area contributed by atoms with Crippen LogP contribution >= 0.6 is 0 Å². The molecule has 0 N–H and O–H groups in total. The molecular weight excluding hydrogens is 673 g/mol. The average molecular weight is 705 g/mol. The molecule has 2 aromatic heterocycles. The van der Waals surface area contributed by atoms with Gasteiger partial charge in [-0.1, -0.05) is 115 Å². The largest absolute Gasteiger partial charge is 0.456 e. The monoisotopic (exact) mass is 704 g/mol. The molecule has 11 rings (SSSR count). The number of nitrogens with zero attached hydrogens (tertiary/aromatic N) is 2. The first-order valence-electron chi connectivity index (χ1n) is 18.5. The molecule has 0 saturated heterocycles. The molecule has 4 heteroatoms. The van der Waals surface area contributed by atoms with Gasteiger partial charge in [-0.05, 0) is 117 Å². The number of benzene rings is 9. The van der Waals surface area contributed by atoms with Gasteiger partial charge in [0.15, 0.2) is 5.58 Å². The molecule has 0 aliphatic carbocycles. The first kappa shape index (κ1) is 31.1. The number of para-hydroxylation sites is 2. The van der Waals surface area contributed by atoms with E-state index in [4.69, 9.17) is 13.8 Å². The third kappa shape index (κ3) is 5.26. The van der Waals surface area contributed by atoms with E-state index in [0.29, 0.717) is 5.89 Å². The van der Waals surface area contributed by atoms with E-state index >= 15 is 0 Å². The van der Waals surface area contributed by atoms with Crippen molar-refractivity contribution in [1.82, 2.24) is 4.98 Å². The van der Waals surface area contributed by atoms with E-state index < -0.39 is 0 Å². The predicted octanol–water partition coefficient (Wildman–Crippen LogP) is 14.5. The van der Waals surface area contributed by atoms with Gasteiger partial charge in [-0.25, -0.2) is 4.98 Å². The second-order valence-corrected chi connectivity index (χ2v) is 13.9. The molecule has 0 fully saturated rings. The quantitative estimate of drug-likeness (QED) is 0.162. The Hall–Kier alpha value is -7.43. The summed E-state index contributed by atoms with van der Waals surface area (Å²) in [5.41, 5.74) is 12.1. The summed E-state index contributed by atoms with van der Waals surface area (Å²) in [7, 11) is 0. The fourth-order valence-electron chi connectivity index (χ4n) is 8.07. The van der Waals surface area contributed by atoms with Gasteiger partial charge >= 0.3 is 0 Å². The zero-order valence-corrected chi connectivity index (χ0v) is 29.7. The molecule has 11 aromatic rings. The Balaban J connectivity index is 1.13. The molecule has 4 nitrogen and oxygen atoms in total. The van der Waals surface area contributed by atoms with Crippen molar-refractivity contribution in [3.8, 4) is 33.7 Å². The highest BCUT2D eigenvalue weighted by Crippen LogP contribution is 2.44. The molecule has 0 aliphatic heterocycles. The summed E-state index contributed by atoms with van der Waals surface area (Å²) in [6.07, 6.45) is 0. The van der Waals surface area contributed by atoms with Crippen LogP contribution in [0, 0.1) is 0 Å². The van der Waals surface area contributed by atoms with Crippen molar-refractivity contribution >= 4 is 71.6 Å². The molecule has 0 bridgehead atoms. The van der Waals surface area contributed by atoms with Crippen molar-refractivity contribution < 1.29 is 8.83 Å². The summed E-state index contributed by atoms with van der Waals surface area (Å²) in [5, 5.41) is 6.63. The Kier molecular flexibility index (Phi) is 7.14. The summed E-state index contributed by atoms with van der Waals surface area (Å²) in [6, 6.07) is 68.2. The van der Waals surface area contributed by atoms with Crippen LogP contribution in [0.25, 0.3) is 88.3 Å². The van der Waals surface area contributed by atoms with Gasteiger partial charge < -0.3 is 13.7 Å². The maximum Gasteiger partial charge on any atom is 0.227 e. The van der Waals surface area contributed by atoms with E-state index in [2.05, 4.69) is 157 Å². The first-order valence-corrected chi connectivity index (χ1v) is 18.5. The summed E-state index contributed by atoms with van der Waals surface area (Å²) in [6.45, 7) is 0. The fraction of sp³-hybridized carbons (Fsp3) is 0. The van der Waals surface area contributed by atoms with Gasteiger partial charge in [0.1, 0.15) is 16.7 Å². The molecule has 258 valence electrons. The van der Waals surface area contributed by atoms with Crippen LogP contribution in [0.3, 0.4) is 0 Å². The fourth-order valence-corrected chi connectivity index (χ4v) is 8.07. The van der Waals surface area contributed by atoms with E-state index in [9.17, 15) is 0 Å². The summed E-state index contributed by atoms with van der Waals surface area (Å²) < 4.78 is 12.8. The molecule has 0 atom stereocenters. The van der Waals surface area contributed by atoms with E-state index in [1.807, 2.05) is 42.5 Å². The van der Waals surface area contributed by atoms with Crippen LogP contribution in [-0.2, 0) is 0 Å². The highest BCUT2D eigenvalue weighted by atomic mass is 16.3. The third-order valence-electron chi connectivity index (χ3n) is 10.6. The second kappa shape index (κ2) is 12.6. The molecule has 0 spiro atoms. The third-order valence-corrected chi connectivity index (χ3v) is 10.6. The highest BCUT2D eigenvalue weighted by Gasteiger charge is 2.20. The van der Waals surface area contributed by atoms with Gasteiger partial charge in [-0.15, -0.1) is 0 Å². The molecular formula is C51H32N2O2. The molecule has 0 saturated carbocycles. The second-order valence-electron chi connectivity index (χ2n) is 13.9. The summed E-state index contributed by atoms with van der Waals surface area (Å²) in [5.74, 6) is 0.615. The number of anilines is 3. The maximum atomic E-state index is 6.68. The lowest BCUT2D eigenvalue weighted by Crippen LogP contribution is -2.10. The summed E-state index contributed by atoms with van der Waals surface area (Å²) in [4.78, 5) is 7.30. The standard InChI is InChI=1S/C51H32N2O2/c1-4-13-33(14-5-1)43-31-37-23-27-46-50(55-51(52-46)34-15-6-2-7-16-34)49(37)45-32-40(25-26-41(43)45)53(38-18-8-3-9-19-38)39-20-12-17-35(29-39)36-24-28-48-44(30-36)42-21-10-11-22-47(42)54-48/h1-32H. The molecule has 0 amide bonds. The zero-order valence-electron chi connectivity index (χ0n) is 29.7. The van der Waals surface area contributed by atoms with Gasteiger partial charge in [0.25, 0.3) is 0 Å². The van der Waals surface area contributed by atoms with E-state index in [1.54, 1.807) is 0 Å². The van der Waals surface area contributed by atoms with Crippen LogP contribution in [-0.4, -0.2) is 4.98 Å². The Labute approximate surface area is 317 Å². The number of furan rings is 1. The molecule has 0 radical (unpaired) electrons. The van der Waals surface area contributed by atoms with E-state index in [1.165, 1.54) is 11.1 Å². The number of rotatable bonds is 6. The minimum atomic E-state index is 0.615. The van der Waals surface area contributed by atoms with Crippen molar-refractivity contribution in [2.75, 3.05) is 4.90 Å². The number of hydrogen-bond donors (Lipinski definition) is 0. The van der Waals surface area contributed by atoms with E-state index in [0.717, 1.165) is 88.3 Å². The Morgan fingerprint density at radius 2 is 1.05 bits per heavy atom. The van der Waals surface area contributed by atoms with Crippen LogP contribution in [0.15, 0.2) is 203 Å². The van der Waals surface area contributed by atoms with Crippen molar-refractivity contribution in [3.63, 3.8) is 0 Å². The minimum absolute atomic E-state index is 0.615. The van der Waals surface area contributed by atoms with Crippen LogP contribution in [0.2, 0.25) is 0 Å². The first-order chi connectivity index (χ1) is 27.2. The van der Waals surface area contributed by atoms with E-state index in [-0.39, 0.29) is 0 Å². The Bertz CT molecular complexity index is 3200. The zero-order chi connectivity index (χ0) is 36.3. The van der Waals surface area contributed by atoms with Crippen molar-refractivity contribution in [2.45, 2.75) is 0 Å². The highest BCUT2D eigenvalue weighted by molar-refractivity contribution is 6.22. The Morgan fingerprint density at radius 1 is 0.382 bits per heavy atom. The van der Waals surface area contributed by atoms with Crippen molar-refractivity contribution in [2.24, 2.45) is 0 Å². The van der Waals surface area contributed by atoms with Crippen LogP contribution < -0.4 is 4.90 Å². The normalized spacial score (nSPS) is 11.6. The van der Waals surface area contributed by atoms with Gasteiger partial charge in [-0.2, -0.15) is 0 Å². The number of oxazole rings is 1. The van der Waals surface area contributed by atoms with Crippen LogP contribution in [0.5, 0.6) is 0 Å². The van der Waals surface area contributed by atoms with Crippen molar-refractivity contribution in [3.05, 3.63) is 194 Å². The molecule has 0 unspecified atom stereocenters. The number of aromatic nitrogens is 1.